The number of hydrogen-bond acceptors (Lipinski definition) is 5. The molecule has 1 atom stereocenters. The van der Waals surface area contributed by atoms with Crippen LogP contribution in [0.4, 0.5) is 5.69 Å². The van der Waals surface area contributed by atoms with E-state index in [2.05, 4.69) is 10.3 Å². The Morgan fingerprint density at radius 3 is 2.80 bits per heavy atom. The van der Waals surface area contributed by atoms with E-state index in [9.17, 15) is 4.79 Å². The molecular weight excluding hydrogens is 305 g/mol. The number of anilines is 1. The van der Waals surface area contributed by atoms with Gasteiger partial charge in [-0.15, -0.1) is 24.8 Å². The molecule has 112 valence electrons. The Labute approximate surface area is 128 Å². The zero-order valence-corrected chi connectivity index (χ0v) is 12.7. The number of nitrogens with one attached hydrogen (secondary N) is 1. The van der Waals surface area contributed by atoms with Gasteiger partial charge in [0.25, 0.3) is 5.91 Å². The van der Waals surface area contributed by atoms with Crippen molar-refractivity contribution in [3.63, 3.8) is 0 Å². The fourth-order valence-corrected chi connectivity index (χ4v) is 1.65. The highest BCUT2D eigenvalue weighted by Crippen LogP contribution is 2.19. The number of rotatable bonds is 4. The van der Waals surface area contributed by atoms with Crippen LogP contribution in [0.25, 0.3) is 11.1 Å². The number of carbonyl (C=O) groups is 1. The molecule has 2 aromatic rings. The molecule has 0 radical (unpaired) electrons. The van der Waals surface area contributed by atoms with Crippen LogP contribution in [0.5, 0.6) is 0 Å². The predicted octanol–water partition coefficient (Wildman–Crippen LogP) is 1.89. The minimum absolute atomic E-state index is 0. The Hall–Kier alpha value is -1.34. The number of hydrogen-bond donors (Lipinski definition) is 2. The summed E-state index contributed by atoms with van der Waals surface area (Å²) in [7, 11) is 1.45. The normalized spacial score (nSPS) is 11.3. The molecule has 0 aliphatic rings. The fourth-order valence-electron chi connectivity index (χ4n) is 1.65. The van der Waals surface area contributed by atoms with Crippen LogP contribution >= 0.6 is 24.8 Å². The summed E-state index contributed by atoms with van der Waals surface area (Å²) in [6, 6.07) is 5.25. The molecule has 6 nitrogen and oxygen atoms in total. The molecule has 1 amide bonds. The number of oxazole rings is 1. The third kappa shape index (κ3) is 4.08. The van der Waals surface area contributed by atoms with Crippen LogP contribution in [-0.2, 0) is 9.53 Å². The van der Waals surface area contributed by atoms with Gasteiger partial charge < -0.3 is 20.2 Å². The van der Waals surface area contributed by atoms with E-state index in [1.807, 2.05) is 0 Å². The third-order valence-electron chi connectivity index (χ3n) is 2.55. The maximum Gasteiger partial charge on any atom is 0.254 e. The number of aromatic nitrogens is 1. The Morgan fingerprint density at radius 1 is 1.50 bits per heavy atom. The van der Waals surface area contributed by atoms with E-state index in [1.54, 1.807) is 25.1 Å². The minimum Gasteiger partial charge on any atom is -0.441 e. The first-order chi connectivity index (χ1) is 8.63. The van der Waals surface area contributed by atoms with E-state index >= 15 is 0 Å². The van der Waals surface area contributed by atoms with E-state index < -0.39 is 6.10 Å². The third-order valence-corrected chi connectivity index (χ3v) is 2.55. The first kappa shape index (κ1) is 18.7. The molecule has 2 rings (SSSR count). The second-order valence-electron chi connectivity index (χ2n) is 3.86. The first-order valence-corrected chi connectivity index (χ1v) is 5.55. The lowest BCUT2D eigenvalue weighted by molar-refractivity contribution is -0.125. The number of aryl methyl sites for hydroxylation is 1. The van der Waals surface area contributed by atoms with Crippen LogP contribution in [0.2, 0.25) is 0 Å². The Kier molecular flexibility index (Phi) is 7.52. The molecule has 0 aliphatic heterocycles. The van der Waals surface area contributed by atoms with Crippen molar-refractivity contribution in [2.45, 2.75) is 13.0 Å². The lowest BCUT2D eigenvalue weighted by atomic mass is 10.2. The number of nitrogens with two attached hydrogens (primary N) is 1. The van der Waals surface area contributed by atoms with E-state index in [1.165, 1.54) is 7.11 Å². The van der Waals surface area contributed by atoms with Gasteiger partial charge in [-0.25, -0.2) is 4.98 Å². The predicted molar refractivity (Wildman–Crippen MR) is 81.7 cm³/mol. The molecule has 0 saturated carbocycles. The van der Waals surface area contributed by atoms with Crippen molar-refractivity contribution in [3.05, 3.63) is 24.1 Å². The molecule has 1 heterocycles. The molecule has 1 aromatic heterocycles. The van der Waals surface area contributed by atoms with E-state index in [4.69, 9.17) is 14.9 Å². The molecule has 0 saturated heterocycles. The number of amides is 1. The highest BCUT2D eigenvalue weighted by Gasteiger charge is 2.16. The number of carbonyl (C=O) groups excluding carboxylic acids is 1. The van der Waals surface area contributed by atoms with Crippen molar-refractivity contribution in [1.29, 1.82) is 0 Å². The monoisotopic (exact) mass is 321 g/mol. The summed E-state index contributed by atoms with van der Waals surface area (Å²) in [6.07, 6.45) is -0.653. The van der Waals surface area contributed by atoms with Crippen LogP contribution in [0.15, 0.2) is 22.6 Å². The van der Waals surface area contributed by atoms with Crippen LogP contribution < -0.4 is 11.1 Å². The number of methoxy groups -OCH3 is 1. The van der Waals surface area contributed by atoms with Crippen molar-refractivity contribution in [3.8, 4) is 0 Å². The van der Waals surface area contributed by atoms with Gasteiger partial charge in [0, 0.05) is 26.3 Å². The summed E-state index contributed by atoms with van der Waals surface area (Å²) in [4.78, 5) is 15.9. The van der Waals surface area contributed by atoms with Gasteiger partial charge in [0.15, 0.2) is 11.5 Å². The van der Waals surface area contributed by atoms with Crippen molar-refractivity contribution in [2.75, 3.05) is 19.0 Å². The Morgan fingerprint density at radius 2 is 2.20 bits per heavy atom. The summed E-state index contributed by atoms with van der Waals surface area (Å²) >= 11 is 0. The topological polar surface area (TPSA) is 90.4 Å². The standard InChI is InChI=1S/C12H15N3O3.2ClH/c1-7-14-9-5-8(3-4-10(9)18-7)15-12(16)11(6-13)17-2;;/h3-5,11H,6,13H2,1-2H3,(H,15,16);2*1H. The molecule has 20 heavy (non-hydrogen) atoms. The quantitative estimate of drug-likeness (QED) is 0.897. The highest BCUT2D eigenvalue weighted by molar-refractivity contribution is 5.95. The number of fused-ring (bicyclic) bond motifs is 1. The molecule has 3 N–H and O–H groups in total. The van der Waals surface area contributed by atoms with E-state index in [0.29, 0.717) is 22.7 Å². The lowest BCUT2D eigenvalue weighted by Gasteiger charge is -2.12. The van der Waals surface area contributed by atoms with Crippen LogP contribution in [0, 0.1) is 6.92 Å². The van der Waals surface area contributed by atoms with Gasteiger partial charge in [0.05, 0.1) is 0 Å². The van der Waals surface area contributed by atoms with Crippen LogP contribution in [0.3, 0.4) is 0 Å². The van der Waals surface area contributed by atoms with Crippen molar-refractivity contribution < 1.29 is 13.9 Å². The van der Waals surface area contributed by atoms with Crippen molar-refractivity contribution in [1.82, 2.24) is 4.98 Å². The summed E-state index contributed by atoms with van der Waals surface area (Å²) in [6.45, 7) is 1.90. The molecule has 1 aromatic carbocycles. The van der Waals surface area contributed by atoms with Gasteiger partial charge in [-0.3, -0.25) is 4.79 Å². The molecular formula is C12H17Cl2N3O3. The highest BCUT2D eigenvalue weighted by atomic mass is 35.5. The maximum atomic E-state index is 11.8. The van der Waals surface area contributed by atoms with Gasteiger partial charge in [-0.1, -0.05) is 0 Å². The second kappa shape index (κ2) is 8.06. The zero-order valence-electron chi connectivity index (χ0n) is 11.1. The average molecular weight is 322 g/mol. The number of benzene rings is 1. The summed E-state index contributed by atoms with van der Waals surface area (Å²) in [5.41, 5.74) is 7.44. The molecule has 0 fully saturated rings. The smallest absolute Gasteiger partial charge is 0.254 e. The van der Waals surface area contributed by atoms with Crippen LogP contribution in [0.1, 0.15) is 5.89 Å². The summed E-state index contributed by atoms with van der Waals surface area (Å²) in [5.74, 6) is 0.310. The van der Waals surface area contributed by atoms with Crippen molar-refractivity contribution >= 4 is 47.5 Å². The largest absolute Gasteiger partial charge is 0.441 e. The minimum atomic E-state index is -0.653. The maximum absolute atomic E-state index is 11.8. The lowest BCUT2D eigenvalue weighted by Crippen LogP contribution is -2.35. The van der Waals surface area contributed by atoms with E-state index in [-0.39, 0.29) is 37.3 Å². The average Bonchev–Trinajstić information content (AvgIpc) is 2.70. The Bertz CT molecular complexity index is 570. The van der Waals surface area contributed by atoms with Gasteiger partial charge >= 0.3 is 0 Å². The molecule has 1 unspecified atom stereocenters. The summed E-state index contributed by atoms with van der Waals surface area (Å²) < 4.78 is 10.3. The molecule has 0 bridgehead atoms. The van der Waals surface area contributed by atoms with Crippen molar-refractivity contribution in [2.24, 2.45) is 5.73 Å². The number of ether oxygens (including phenoxy) is 1. The second-order valence-corrected chi connectivity index (χ2v) is 3.86. The Balaban J connectivity index is 0.00000180. The number of nitrogens with zero attached hydrogens (tertiary/aromatic N) is 1. The first-order valence-electron chi connectivity index (χ1n) is 5.55. The summed E-state index contributed by atoms with van der Waals surface area (Å²) in [5, 5.41) is 2.72. The fraction of sp³-hybridized carbons (Fsp3) is 0.333. The van der Waals surface area contributed by atoms with E-state index in [0.717, 1.165) is 0 Å². The zero-order chi connectivity index (χ0) is 13.1. The van der Waals surface area contributed by atoms with Gasteiger partial charge in [0.1, 0.15) is 11.6 Å². The molecule has 8 heteroatoms. The number of halogens is 2. The molecule has 0 aliphatic carbocycles. The van der Waals surface area contributed by atoms with Gasteiger partial charge in [-0.2, -0.15) is 0 Å². The van der Waals surface area contributed by atoms with Crippen LogP contribution in [-0.4, -0.2) is 30.6 Å². The SMILES string of the molecule is COC(CN)C(=O)Nc1ccc2oc(C)nc2c1.Cl.Cl. The molecule has 0 spiro atoms. The van der Waals surface area contributed by atoms with Gasteiger partial charge in [0.2, 0.25) is 0 Å². The van der Waals surface area contributed by atoms with Gasteiger partial charge in [-0.05, 0) is 18.2 Å².